The molecule has 0 spiro atoms. The number of carboxylic acid groups (broad SMARTS) is 1. The highest BCUT2D eigenvalue weighted by Gasteiger charge is 2.21. The number of hydrogen-bond donors (Lipinski definition) is 1. The predicted octanol–water partition coefficient (Wildman–Crippen LogP) is 3.79. The van der Waals surface area contributed by atoms with Crippen LogP contribution in [0.2, 0.25) is 0 Å². The van der Waals surface area contributed by atoms with Crippen molar-refractivity contribution in [3.05, 3.63) is 47.5 Å². The van der Waals surface area contributed by atoms with Crippen molar-refractivity contribution in [2.24, 2.45) is 5.92 Å². The molecule has 0 saturated carbocycles. The Kier molecular flexibility index (Phi) is 5.36. The van der Waals surface area contributed by atoms with Crippen LogP contribution in [0, 0.1) is 5.92 Å². The summed E-state index contributed by atoms with van der Waals surface area (Å²) in [6, 6.07) is 9.69. The lowest BCUT2D eigenvalue weighted by Crippen LogP contribution is -2.25. The van der Waals surface area contributed by atoms with Gasteiger partial charge in [-0.1, -0.05) is 48.9 Å². The maximum absolute atomic E-state index is 11.3. The van der Waals surface area contributed by atoms with Crippen LogP contribution in [0.3, 0.4) is 0 Å². The van der Waals surface area contributed by atoms with E-state index in [-0.39, 0.29) is 0 Å². The molecule has 1 aromatic rings. The van der Waals surface area contributed by atoms with Crippen LogP contribution in [0.1, 0.15) is 38.2 Å². The molecule has 1 aromatic carbocycles. The van der Waals surface area contributed by atoms with Crippen LogP contribution in [-0.4, -0.2) is 17.2 Å². The Labute approximate surface area is 120 Å². The number of rotatable bonds is 6. The Morgan fingerprint density at radius 2 is 2.15 bits per heavy atom. The number of allylic oxidation sites excluding steroid dienone is 1. The molecule has 0 fully saturated rings. The van der Waals surface area contributed by atoms with Gasteiger partial charge in [-0.3, -0.25) is 0 Å². The molecule has 3 nitrogen and oxygen atoms in total. The molecule has 1 aliphatic rings. The molecule has 0 amide bonds. The summed E-state index contributed by atoms with van der Waals surface area (Å²) < 4.78 is 5.58. The Morgan fingerprint density at radius 3 is 2.75 bits per heavy atom. The number of hydrogen-bond acceptors (Lipinski definition) is 2. The largest absolute Gasteiger partial charge is 0.479 e. The maximum Gasteiger partial charge on any atom is 0.333 e. The monoisotopic (exact) mass is 274 g/mol. The number of aliphatic carboxylic acids is 1. The first-order valence-electron chi connectivity index (χ1n) is 7.21. The van der Waals surface area contributed by atoms with Crippen molar-refractivity contribution >= 4 is 5.97 Å². The van der Waals surface area contributed by atoms with E-state index >= 15 is 0 Å². The van der Waals surface area contributed by atoms with Crippen LogP contribution in [0.5, 0.6) is 0 Å². The topological polar surface area (TPSA) is 46.5 Å². The van der Waals surface area contributed by atoms with Gasteiger partial charge in [0.1, 0.15) is 0 Å². The number of carboxylic acids is 1. The van der Waals surface area contributed by atoms with Crippen molar-refractivity contribution in [2.45, 2.75) is 45.3 Å². The predicted molar refractivity (Wildman–Crippen MR) is 78.4 cm³/mol. The van der Waals surface area contributed by atoms with E-state index in [1.807, 2.05) is 30.3 Å². The van der Waals surface area contributed by atoms with Gasteiger partial charge in [0.15, 0.2) is 6.10 Å². The van der Waals surface area contributed by atoms with Gasteiger partial charge >= 0.3 is 5.97 Å². The molecule has 20 heavy (non-hydrogen) atoms. The second-order valence-electron chi connectivity index (χ2n) is 5.57. The van der Waals surface area contributed by atoms with Gasteiger partial charge in [0.05, 0.1) is 6.61 Å². The van der Waals surface area contributed by atoms with E-state index in [9.17, 15) is 9.90 Å². The van der Waals surface area contributed by atoms with Gasteiger partial charge in [-0.25, -0.2) is 4.79 Å². The summed E-state index contributed by atoms with van der Waals surface area (Å²) in [5.41, 5.74) is 2.23. The number of carbonyl (C=O) groups is 1. The highest BCUT2D eigenvalue weighted by Crippen LogP contribution is 2.26. The number of ether oxygens (including phenoxy) is 1. The summed E-state index contributed by atoms with van der Waals surface area (Å²) in [5, 5.41) is 9.28. The van der Waals surface area contributed by atoms with Crippen molar-refractivity contribution < 1.29 is 14.6 Å². The highest BCUT2D eigenvalue weighted by atomic mass is 16.5. The molecule has 3 heteroatoms. The fraction of sp³-hybridized carbons (Fsp3) is 0.471. The lowest BCUT2D eigenvalue weighted by Gasteiger charge is -2.21. The van der Waals surface area contributed by atoms with Gasteiger partial charge in [0, 0.05) is 6.42 Å². The molecule has 0 saturated heterocycles. The normalized spacial score (nSPS) is 20.2. The first-order chi connectivity index (χ1) is 9.65. The summed E-state index contributed by atoms with van der Waals surface area (Å²) in [6.45, 7) is 2.58. The van der Waals surface area contributed by atoms with Gasteiger partial charge in [0.25, 0.3) is 0 Å². The summed E-state index contributed by atoms with van der Waals surface area (Å²) in [4.78, 5) is 11.3. The third-order valence-electron chi connectivity index (χ3n) is 3.78. The zero-order valence-corrected chi connectivity index (χ0v) is 11.9. The average molecular weight is 274 g/mol. The lowest BCUT2D eigenvalue weighted by molar-refractivity contribution is -0.151. The van der Waals surface area contributed by atoms with E-state index < -0.39 is 12.1 Å². The second kappa shape index (κ2) is 7.25. The molecular weight excluding hydrogens is 252 g/mol. The molecule has 0 unspecified atom stereocenters. The summed E-state index contributed by atoms with van der Waals surface area (Å²) in [7, 11) is 0. The first-order valence-corrected chi connectivity index (χ1v) is 7.21. The van der Waals surface area contributed by atoms with E-state index in [4.69, 9.17) is 4.74 Å². The Bertz CT molecular complexity index is 464. The molecule has 2 rings (SSSR count). The second-order valence-corrected chi connectivity index (χ2v) is 5.57. The van der Waals surface area contributed by atoms with Crippen molar-refractivity contribution in [1.82, 2.24) is 0 Å². The van der Waals surface area contributed by atoms with Crippen LogP contribution in [0.4, 0.5) is 0 Å². The molecule has 1 N–H and O–H groups in total. The van der Waals surface area contributed by atoms with Gasteiger partial charge < -0.3 is 9.84 Å². The standard InChI is InChI=1S/C17H22O3/c1-13-7-9-14(10-8-13)11-16(17(18)19)20-12-15-5-3-2-4-6-15/h2-6,9,13,16H,7-8,10-12H2,1H3,(H,18,19)/t13-,16+/m0/s1. The Balaban J connectivity index is 1.89. The number of benzene rings is 1. The van der Waals surface area contributed by atoms with E-state index in [0.29, 0.717) is 18.9 Å². The highest BCUT2D eigenvalue weighted by molar-refractivity contribution is 5.72. The molecular formula is C17H22O3. The van der Waals surface area contributed by atoms with Crippen LogP contribution < -0.4 is 0 Å². The van der Waals surface area contributed by atoms with Crippen molar-refractivity contribution in [1.29, 1.82) is 0 Å². The average Bonchev–Trinajstić information content (AvgIpc) is 2.46. The minimum Gasteiger partial charge on any atom is -0.479 e. The van der Waals surface area contributed by atoms with Crippen LogP contribution in [-0.2, 0) is 16.1 Å². The summed E-state index contributed by atoms with van der Waals surface area (Å²) >= 11 is 0. The van der Waals surface area contributed by atoms with E-state index in [1.165, 1.54) is 5.57 Å². The zero-order chi connectivity index (χ0) is 14.4. The molecule has 0 aliphatic heterocycles. The fourth-order valence-corrected chi connectivity index (χ4v) is 2.43. The van der Waals surface area contributed by atoms with Crippen LogP contribution >= 0.6 is 0 Å². The summed E-state index contributed by atoms with van der Waals surface area (Å²) in [6.07, 6.45) is 5.16. The Morgan fingerprint density at radius 1 is 1.40 bits per heavy atom. The van der Waals surface area contributed by atoms with Gasteiger partial charge in [-0.05, 0) is 30.7 Å². The molecule has 1 aliphatic carbocycles. The van der Waals surface area contributed by atoms with E-state index in [1.54, 1.807) is 0 Å². The minimum absolute atomic E-state index is 0.349. The third-order valence-corrected chi connectivity index (χ3v) is 3.78. The van der Waals surface area contributed by atoms with Crippen molar-refractivity contribution in [2.75, 3.05) is 0 Å². The SMILES string of the molecule is C[C@H]1CC=C(C[C@@H](OCc2ccccc2)C(=O)O)CC1. The van der Waals surface area contributed by atoms with Crippen molar-refractivity contribution in [3.8, 4) is 0 Å². The first kappa shape index (κ1) is 14.8. The molecule has 0 heterocycles. The maximum atomic E-state index is 11.3. The van der Waals surface area contributed by atoms with Crippen molar-refractivity contribution in [3.63, 3.8) is 0 Å². The molecule has 0 radical (unpaired) electrons. The fourth-order valence-electron chi connectivity index (χ4n) is 2.43. The zero-order valence-electron chi connectivity index (χ0n) is 11.9. The lowest BCUT2D eigenvalue weighted by atomic mass is 9.88. The van der Waals surface area contributed by atoms with Gasteiger partial charge in [-0.2, -0.15) is 0 Å². The molecule has 0 bridgehead atoms. The third kappa shape index (κ3) is 4.49. The molecule has 2 atom stereocenters. The van der Waals surface area contributed by atoms with E-state index in [2.05, 4.69) is 13.0 Å². The van der Waals surface area contributed by atoms with Gasteiger partial charge in [0.2, 0.25) is 0 Å². The van der Waals surface area contributed by atoms with Crippen LogP contribution in [0.25, 0.3) is 0 Å². The van der Waals surface area contributed by atoms with E-state index in [0.717, 1.165) is 24.8 Å². The van der Waals surface area contributed by atoms with Crippen LogP contribution in [0.15, 0.2) is 42.0 Å². The van der Waals surface area contributed by atoms with Gasteiger partial charge in [-0.15, -0.1) is 0 Å². The minimum atomic E-state index is -0.875. The quantitative estimate of drug-likeness (QED) is 0.803. The molecule has 108 valence electrons. The smallest absolute Gasteiger partial charge is 0.333 e. The Hall–Kier alpha value is -1.61. The summed E-state index contributed by atoms with van der Waals surface area (Å²) in [5.74, 6) is -0.160. The molecule has 0 aromatic heterocycles.